The van der Waals surface area contributed by atoms with Gasteiger partial charge in [0.05, 0.1) is 17.6 Å². The standard InChI is InChI=1S/C12H22ClNO2/c1-4-11(2,9-13)14-10(15)8-12(16-3)6-5-7-12/h4-9H2,1-3H3,(H,14,15). The van der Waals surface area contributed by atoms with Gasteiger partial charge in [-0.1, -0.05) is 6.92 Å². The predicted molar refractivity (Wildman–Crippen MR) is 65.8 cm³/mol. The van der Waals surface area contributed by atoms with Gasteiger partial charge in [0.1, 0.15) is 0 Å². The highest BCUT2D eigenvalue weighted by atomic mass is 35.5. The third kappa shape index (κ3) is 3.11. The van der Waals surface area contributed by atoms with Crippen LogP contribution in [0.25, 0.3) is 0 Å². The predicted octanol–water partition coefficient (Wildman–Crippen LogP) is 2.47. The van der Waals surface area contributed by atoms with Gasteiger partial charge in [0.25, 0.3) is 0 Å². The zero-order chi connectivity index (χ0) is 12.2. The minimum atomic E-state index is -0.294. The molecule has 16 heavy (non-hydrogen) atoms. The van der Waals surface area contributed by atoms with Gasteiger partial charge in [0, 0.05) is 13.0 Å². The number of carbonyl (C=O) groups is 1. The van der Waals surface area contributed by atoms with E-state index in [1.807, 2.05) is 13.8 Å². The molecule has 0 bridgehead atoms. The molecular weight excluding hydrogens is 226 g/mol. The Morgan fingerprint density at radius 2 is 2.19 bits per heavy atom. The zero-order valence-corrected chi connectivity index (χ0v) is 11.2. The van der Waals surface area contributed by atoms with Gasteiger partial charge < -0.3 is 10.1 Å². The average molecular weight is 248 g/mol. The second kappa shape index (κ2) is 5.37. The van der Waals surface area contributed by atoms with Crippen LogP contribution in [0.1, 0.15) is 46.0 Å². The molecule has 1 saturated carbocycles. The summed E-state index contributed by atoms with van der Waals surface area (Å²) in [5.74, 6) is 0.487. The van der Waals surface area contributed by atoms with Crippen LogP contribution >= 0.6 is 11.6 Å². The number of amides is 1. The summed E-state index contributed by atoms with van der Waals surface area (Å²) in [6, 6.07) is 0. The van der Waals surface area contributed by atoms with E-state index in [1.165, 1.54) is 0 Å². The van der Waals surface area contributed by atoms with E-state index in [2.05, 4.69) is 5.32 Å². The maximum Gasteiger partial charge on any atom is 0.223 e. The summed E-state index contributed by atoms with van der Waals surface area (Å²) in [4.78, 5) is 11.9. The SMILES string of the molecule is CCC(C)(CCl)NC(=O)CC1(OC)CCC1. The van der Waals surface area contributed by atoms with Gasteiger partial charge in [-0.25, -0.2) is 0 Å². The molecule has 0 radical (unpaired) electrons. The van der Waals surface area contributed by atoms with Gasteiger partial charge in [-0.15, -0.1) is 11.6 Å². The molecule has 1 aliphatic rings. The first-order valence-corrected chi connectivity index (χ1v) is 6.45. The van der Waals surface area contributed by atoms with E-state index in [-0.39, 0.29) is 17.0 Å². The zero-order valence-electron chi connectivity index (χ0n) is 10.4. The quantitative estimate of drug-likeness (QED) is 0.733. The molecular formula is C12H22ClNO2. The Labute approximate surface area is 103 Å². The molecule has 0 aromatic heterocycles. The summed E-state index contributed by atoms with van der Waals surface area (Å²) in [5, 5.41) is 3.00. The van der Waals surface area contributed by atoms with Gasteiger partial charge in [0.2, 0.25) is 5.91 Å². The Hall–Kier alpha value is -0.280. The molecule has 0 saturated heterocycles. The Morgan fingerprint density at radius 1 is 1.56 bits per heavy atom. The van der Waals surface area contributed by atoms with E-state index >= 15 is 0 Å². The van der Waals surface area contributed by atoms with Crippen LogP contribution in [0, 0.1) is 0 Å². The lowest BCUT2D eigenvalue weighted by molar-refractivity contribution is -0.135. The summed E-state index contributed by atoms with van der Waals surface area (Å²) in [6.07, 6.45) is 4.42. The molecule has 0 aromatic carbocycles. The number of rotatable bonds is 6. The monoisotopic (exact) mass is 247 g/mol. The van der Waals surface area contributed by atoms with Crippen molar-refractivity contribution >= 4 is 17.5 Å². The highest BCUT2D eigenvalue weighted by Gasteiger charge is 2.39. The van der Waals surface area contributed by atoms with Gasteiger partial charge in [-0.05, 0) is 32.6 Å². The third-order valence-electron chi connectivity index (χ3n) is 3.70. The summed E-state index contributed by atoms with van der Waals surface area (Å²) >= 11 is 5.86. The largest absolute Gasteiger partial charge is 0.378 e. The van der Waals surface area contributed by atoms with Crippen LogP contribution in [0.3, 0.4) is 0 Å². The van der Waals surface area contributed by atoms with E-state index in [1.54, 1.807) is 7.11 Å². The Bertz CT molecular complexity index is 225. The highest BCUT2D eigenvalue weighted by molar-refractivity contribution is 6.18. The first-order chi connectivity index (χ1) is 7.49. The molecule has 1 fully saturated rings. The topological polar surface area (TPSA) is 38.3 Å². The molecule has 0 aliphatic heterocycles. The molecule has 1 amide bonds. The summed E-state index contributed by atoms with van der Waals surface area (Å²) in [7, 11) is 1.69. The van der Waals surface area contributed by atoms with Crippen molar-refractivity contribution in [2.45, 2.75) is 57.1 Å². The fourth-order valence-corrected chi connectivity index (χ4v) is 2.17. The van der Waals surface area contributed by atoms with Gasteiger partial charge >= 0.3 is 0 Å². The Kier molecular flexibility index (Phi) is 4.62. The maximum absolute atomic E-state index is 11.9. The molecule has 4 heteroatoms. The van der Waals surface area contributed by atoms with E-state index in [0.717, 1.165) is 25.7 Å². The number of hydrogen-bond acceptors (Lipinski definition) is 2. The molecule has 0 heterocycles. The molecule has 1 aliphatic carbocycles. The maximum atomic E-state index is 11.9. The summed E-state index contributed by atoms with van der Waals surface area (Å²) in [5.41, 5.74) is -0.498. The smallest absolute Gasteiger partial charge is 0.223 e. The van der Waals surface area contributed by atoms with Crippen LogP contribution in [0.4, 0.5) is 0 Å². The molecule has 94 valence electrons. The fourth-order valence-electron chi connectivity index (χ4n) is 1.91. The minimum absolute atomic E-state index is 0.0477. The van der Waals surface area contributed by atoms with Gasteiger partial charge in [-0.2, -0.15) is 0 Å². The molecule has 0 spiro atoms. The first kappa shape index (κ1) is 13.8. The first-order valence-electron chi connectivity index (χ1n) is 5.91. The minimum Gasteiger partial charge on any atom is -0.378 e. The second-order valence-electron chi connectivity index (χ2n) is 5.01. The number of alkyl halides is 1. The van der Waals surface area contributed by atoms with Crippen LogP contribution in [0.2, 0.25) is 0 Å². The lowest BCUT2D eigenvalue weighted by Crippen LogP contribution is -2.51. The number of methoxy groups -OCH3 is 1. The number of nitrogens with one attached hydrogen (secondary N) is 1. The van der Waals surface area contributed by atoms with Crippen molar-refractivity contribution in [3.63, 3.8) is 0 Å². The fraction of sp³-hybridized carbons (Fsp3) is 0.917. The van der Waals surface area contributed by atoms with E-state index < -0.39 is 0 Å². The second-order valence-corrected chi connectivity index (χ2v) is 5.28. The van der Waals surface area contributed by atoms with E-state index in [0.29, 0.717) is 12.3 Å². The van der Waals surface area contributed by atoms with Crippen molar-refractivity contribution < 1.29 is 9.53 Å². The molecule has 1 rings (SSSR count). The van der Waals surface area contributed by atoms with Crippen LogP contribution in [0.15, 0.2) is 0 Å². The number of ether oxygens (including phenoxy) is 1. The van der Waals surface area contributed by atoms with E-state index in [9.17, 15) is 4.79 Å². The Morgan fingerprint density at radius 3 is 2.50 bits per heavy atom. The van der Waals surface area contributed by atoms with Crippen LogP contribution in [0.5, 0.6) is 0 Å². The third-order valence-corrected chi connectivity index (χ3v) is 4.29. The molecule has 1 unspecified atom stereocenters. The van der Waals surface area contributed by atoms with Crippen molar-refractivity contribution in [3.05, 3.63) is 0 Å². The normalized spacial score (nSPS) is 22.0. The van der Waals surface area contributed by atoms with Crippen molar-refractivity contribution in [2.75, 3.05) is 13.0 Å². The van der Waals surface area contributed by atoms with Crippen molar-refractivity contribution in [3.8, 4) is 0 Å². The van der Waals surface area contributed by atoms with Crippen molar-refractivity contribution in [1.82, 2.24) is 5.32 Å². The Balaban J connectivity index is 2.46. The molecule has 0 aromatic rings. The summed E-state index contributed by atoms with van der Waals surface area (Å²) < 4.78 is 5.43. The van der Waals surface area contributed by atoms with E-state index in [4.69, 9.17) is 16.3 Å². The molecule has 3 nitrogen and oxygen atoms in total. The van der Waals surface area contributed by atoms with Crippen LogP contribution in [-0.2, 0) is 9.53 Å². The van der Waals surface area contributed by atoms with Crippen LogP contribution in [-0.4, -0.2) is 30.0 Å². The number of hydrogen-bond donors (Lipinski definition) is 1. The van der Waals surface area contributed by atoms with Crippen LogP contribution < -0.4 is 5.32 Å². The van der Waals surface area contributed by atoms with Gasteiger partial charge in [-0.3, -0.25) is 4.79 Å². The lowest BCUT2D eigenvalue weighted by atomic mass is 9.77. The number of carbonyl (C=O) groups excluding carboxylic acids is 1. The summed E-state index contributed by atoms with van der Waals surface area (Å²) in [6.45, 7) is 4.00. The lowest BCUT2D eigenvalue weighted by Gasteiger charge is -2.40. The molecule has 1 N–H and O–H groups in total. The molecule has 1 atom stereocenters. The van der Waals surface area contributed by atoms with Crippen molar-refractivity contribution in [2.24, 2.45) is 0 Å². The van der Waals surface area contributed by atoms with Crippen molar-refractivity contribution in [1.29, 1.82) is 0 Å². The van der Waals surface area contributed by atoms with Gasteiger partial charge in [0.15, 0.2) is 0 Å². The number of halogens is 1. The highest BCUT2D eigenvalue weighted by Crippen LogP contribution is 2.38. The average Bonchev–Trinajstić information content (AvgIpc) is 2.23.